The molecule has 0 spiro atoms. The third kappa shape index (κ3) is 8.36. The molecule has 0 aliphatic carbocycles. The number of ether oxygens (including phenoxy) is 2. The first-order chi connectivity index (χ1) is 17.7. The summed E-state index contributed by atoms with van der Waals surface area (Å²) in [5.41, 5.74) is 0.510. The Kier molecular flexibility index (Phi) is 9.27. The van der Waals surface area contributed by atoms with E-state index in [2.05, 4.69) is 10.6 Å². The number of hydrogen-bond acceptors (Lipinski definition) is 6. The van der Waals surface area contributed by atoms with Gasteiger partial charge in [0.25, 0.3) is 0 Å². The second kappa shape index (κ2) is 12.0. The number of rotatable bonds is 6. The van der Waals surface area contributed by atoms with Crippen molar-refractivity contribution in [3.05, 3.63) is 35.4 Å². The number of nitrogens with zero attached hydrogens (tertiary/aromatic N) is 2. The summed E-state index contributed by atoms with van der Waals surface area (Å²) in [4.78, 5) is 53.7. The molecule has 2 saturated heterocycles. The van der Waals surface area contributed by atoms with Gasteiger partial charge < -0.3 is 20.1 Å². The molecule has 38 heavy (non-hydrogen) atoms. The first kappa shape index (κ1) is 29.3. The molecule has 4 amide bonds. The van der Waals surface area contributed by atoms with Gasteiger partial charge in [0.15, 0.2) is 0 Å². The van der Waals surface area contributed by atoms with E-state index in [4.69, 9.17) is 9.47 Å². The van der Waals surface area contributed by atoms with Crippen molar-refractivity contribution in [1.29, 1.82) is 0 Å². The summed E-state index contributed by atoms with van der Waals surface area (Å²) in [5, 5.41) is 5.86. The molecule has 2 heterocycles. The van der Waals surface area contributed by atoms with Gasteiger partial charge in [0.05, 0.1) is 0 Å². The van der Waals surface area contributed by atoms with Gasteiger partial charge in [-0.2, -0.15) is 0 Å². The number of carbonyl (C=O) groups excluding carboxylic acids is 4. The highest BCUT2D eigenvalue weighted by Gasteiger charge is 2.37. The SMILES string of the molecule is CC(C)(C)OC(=O)N1CCC[C@H]1C(=O)NCc1cccc(CNC(=O)[C@@H]2CCCN2C(=O)OC(C)(C)C)c1. The van der Waals surface area contributed by atoms with Crippen LogP contribution in [0.2, 0.25) is 0 Å². The van der Waals surface area contributed by atoms with Gasteiger partial charge in [-0.05, 0) is 78.4 Å². The van der Waals surface area contributed by atoms with Gasteiger partial charge in [-0.15, -0.1) is 0 Å². The summed E-state index contributed by atoms with van der Waals surface area (Å²) in [5.74, 6) is -0.425. The number of nitrogens with one attached hydrogen (secondary N) is 2. The van der Waals surface area contributed by atoms with Crippen LogP contribution < -0.4 is 10.6 Å². The summed E-state index contributed by atoms with van der Waals surface area (Å²) in [6.45, 7) is 12.4. The number of likely N-dealkylation sites (tertiary alicyclic amines) is 2. The Labute approximate surface area is 225 Å². The molecule has 2 aliphatic heterocycles. The lowest BCUT2D eigenvalue weighted by Gasteiger charge is -2.28. The number of benzene rings is 1. The second-order valence-electron chi connectivity index (χ2n) is 11.9. The molecule has 1 aromatic carbocycles. The average molecular weight is 531 g/mol. The van der Waals surface area contributed by atoms with Crippen molar-refractivity contribution >= 4 is 24.0 Å². The van der Waals surface area contributed by atoms with E-state index in [1.807, 2.05) is 24.3 Å². The fourth-order valence-corrected chi connectivity index (χ4v) is 4.62. The topological polar surface area (TPSA) is 117 Å². The summed E-state index contributed by atoms with van der Waals surface area (Å²) >= 11 is 0. The number of carbonyl (C=O) groups is 4. The van der Waals surface area contributed by atoms with Gasteiger partial charge in [0, 0.05) is 26.2 Å². The van der Waals surface area contributed by atoms with Crippen LogP contribution in [0, 0.1) is 0 Å². The van der Waals surface area contributed by atoms with Crippen LogP contribution in [0.5, 0.6) is 0 Å². The van der Waals surface area contributed by atoms with Gasteiger partial charge in [-0.25, -0.2) is 9.59 Å². The second-order valence-corrected chi connectivity index (χ2v) is 11.9. The zero-order chi connectivity index (χ0) is 28.1. The van der Waals surface area contributed by atoms with E-state index in [0.717, 1.165) is 24.0 Å². The maximum atomic E-state index is 12.9. The van der Waals surface area contributed by atoms with Crippen molar-refractivity contribution in [1.82, 2.24) is 20.4 Å². The van der Waals surface area contributed by atoms with Crippen LogP contribution in [-0.2, 0) is 32.2 Å². The lowest BCUT2D eigenvalue weighted by molar-refractivity contribution is -0.126. The van der Waals surface area contributed by atoms with Crippen LogP contribution in [-0.4, -0.2) is 70.2 Å². The maximum Gasteiger partial charge on any atom is 0.410 e. The van der Waals surface area contributed by atoms with E-state index in [1.165, 1.54) is 9.80 Å². The average Bonchev–Trinajstić information content (AvgIpc) is 3.49. The summed E-state index contributed by atoms with van der Waals surface area (Å²) in [6, 6.07) is 6.48. The Balaban J connectivity index is 1.51. The molecule has 0 unspecified atom stereocenters. The van der Waals surface area contributed by atoms with Crippen LogP contribution in [0.15, 0.2) is 24.3 Å². The summed E-state index contributed by atoms with van der Waals surface area (Å²) < 4.78 is 10.9. The molecule has 2 fully saturated rings. The third-order valence-electron chi connectivity index (χ3n) is 6.29. The zero-order valence-electron chi connectivity index (χ0n) is 23.5. The molecule has 2 N–H and O–H groups in total. The minimum atomic E-state index is -0.623. The van der Waals surface area contributed by atoms with E-state index in [9.17, 15) is 19.2 Å². The number of hydrogen-bond donors (Lipinski definition) is 2. The normalized spacial score (nSPS) is 19.7. The first-order valence-corrected chi connectivity index (χ1v) is 13.4. The standard InChI is InChI=1S/C28H42N4O6/c1-27(2,3)37-25(35)31-14-8-12-21(31)23(33)29-17-19-10-7-11-20(16-19)18-30-24(34)22-13-9-15-32(22)26(36)38-28(4,5)6/h7,10-11,16,21-22H,8-9,12-15,17-18H2,1-6H3,(H,29,33)(H,30,34)/t21-,22-/m0/s1. The Morgan fingerprint density at radius 1 is 0.763 bits per heavy atom. The highest BCUT2D eigenvalue weighted by atomic mass is 16.6. The predicted octanol–water partition coefficient (Wildman–Crippen LogP) is 3.72. The quantitative estimate of drug-likeness (QED) is 0.579. The largest absolute Gasteiger partial charge is 0.444 e. The molecule has 0 bridgehead atoms. The van der Waals surface area contributed by atoms with Gasteiger partial charge in [0.2, 0.25) is 11.8 Å². The van der Waals surface area contributed by atoms with Gasteiger partial charge >= 0.3 is 12.2 Å². The molecule has 10 heteroatoms. The monoisotopic (exact) mass is 530 g/mol. The van der Waals surface area contributed by atoms with Crippen LogP contribution in [0.1, 0.15) is 78.4 Å². The summed E-state index contributed by atoms with van der Waals surface area (Å²) in [6.07, 6.45) is 1.75. The van der Waals surface area contributed by atoms with Crippen LogP contribution in [0.3, 0.4) is 0 Å². The van der Waals surface area contributed by atoms with E-state index in [1.54, 1.807) is 41.5 Å². The molecule has 1 aromatic rings. The fourth-order valence-electron chi connectivity index (χ4n) is 4.62. The molecule has 3 rings (SSSR count). The van der Waals surface area contributed by atoms with Crippen molar-refractivity contribution in [2.45, 2.75) is 104 Å². The van der Waals surface area contributed by atoms with Gasteiger partial charge in [-0.3, -0.25) is 19.4 Å². The minimum Gasteiger partial charge on any atom is -0.444 e. The van der Waals surface area contributed by atoms with E-state index < -0.39 is 35.5 Å². The minimum absolute atomic E-state index is 0.212. The van der Waals surface area contributed by atoms with Crippen molar-refractivity contribution < 1.29 is 28.7 Å². The zero-order valence-corrected chi connectivity index (χ0v) is 23.5. The highest BCUT2D eigenvalue weighted by molar-refractivity contribution is 5.87. The fraction of sp³-hybridized carbons (Fsp3) is 0.643. The highest BCUT2D eigenvalue weighted by Crippen LogP contribution is 2.22. The van der Waals surface area contributed by atoms with Crippen molar-refractivity contribution in [3.63, 3.8) is 0 Å². The molecule has 0 saturated carbocycles. The molecular formula is C28H42N4O6. The Morgan fingerprint density at radius 2 is 1.16 bits per heavy atom. The molecule has 0 radical (unpaired) electrons. The van der Waals surface area contributed by atoms with Crippen molar-refractivity contribution in [2.24, 2.45) is 0 Å². The Bertz CT molecular complexity index is 952. The van der Waals surface area contributed by atoms with E-state index in [-0.39, 0.29) is 11.8 Å². The van der Waals surface area contributed by atoms with Crippen molar-refractivity contribution in [2.75, 3.05) is 13.1 Å². The smallest absolute Gasteiger partial charge is 0.410 e. The van der Waals surface area contributed by atoms with E-state index in [0.29, 0.717) is 39.0 Å². The molecule has 10 nitrogen and oxygen atoms in total. The van der Waals surface area contributed by atoms with Gasteiger partial charge in [-0.1, -0.05) is 24.3 Å². The molecule has 2 atom stereocenters. The molecule has 0 aromatic heterocycles. The van der Waals surface area contributed by atoms with Crippen LogP contribution in [0.4, 0.5) is 9.59 Å². The van der Waals surface area contributed by atoms with Crippen LogP contribution >= 0.6 is 0 Å². The van der Waals surface area contributed by atoms with Crippen LogP contribution in [0.25, 0.3) is 0 Å². The molecule has 2 aliphatic rings. The predicted molar refractivity (Wildman–Crippen MR) is 142 cm³/mol. The lowest BCUT2D eigenvalue weighted by atomic mass is 10.1. The molecular weight excluding hydrogens is 488 g/mol. The first-order valence-electron chi connectivity index (χ1n) is 13.4. The van der Waals surface area contributed by atoms with Gasteiger partial charge in [0.1, 0.15) is 23.3 Å². The Hall–Kier alpha value is -3.30. The number of amides is 4. The third-order valence-corrected chi connectivity index (χ3v) is 6.29. The lowest BCUT2D eigenvalue weighted by Crippen LogP contribution is -2.47. The molecule has 210 valence electrons. The Morgan fingerprint density at radius 3 is 1.53 bits per heavy atom. The van der Waals surface area contributed by atoms with E-state index >= 15 is 0 Å². The summed E-state index contributed by atoms with van der Waals surface area (Å²) in [7, 11) is 0. The maximum absolute atomic E-state index is 12.9. The van der Waals surface area contributed by atoms with Crippen molar-refractivity contribution in [3.8, 4) is 0 Å².